The molecule has 2 aromatic rings. The third kappa shape index (κ3) is 3.54. The zero-order valence-electron chi connectivity index (χ0n) is 19.3. The Balaban J connectivity index is 0.00000274. The van der Waals surface area contributed by atoms with E-state index in [0.29, 0.717) is 11.3 Å². The Labute approximate surface area is 219 Å². The number of benzene rings is 2. The van der Waals surface area contributed by atoms with Crippen LogP contribution in [0.3, 0.4) is 0 Å². The number of carbonyl (C=O) groups is 2. The van der Waals surface area contributed by atoms with Crippen LogP contribution in [-0.4, -0.2) is 52.3 Å². The molecule has 0 aromatic heterocycles. The number of β-lactam (4-membered cyclic amide) rings is 1. The van der Waals surface area contributed by atoms with Gasteiger partial charge in [-0.25, -0.2) is 0 Å². The van der Waals surface area contributed by atoms with Gasteiger partial charge in [-0.15, -0.1) is 0 Å². The number of aliphatic carboxylic acids is 1. The van der Waals surface area contributed by atoms with Gasteiger partial charge in [0.2, 0.25) is 5.91 Å². The molecule has 2 aliphatic heterocycles. The average Bonchev–Trinajstić information content (AvgIpc) is 3.23. The second-order valence-corrected chi connectivity index (χ2v) is 8.73. The van der Waals surface area contributed by atoms with Crippen molar-refractivity contribution >= 4 is 17.4 Å². The fourth-order valence-electron chi connectivity index (χ4n) is 5.52. The van der Waals surface area contributed by atoms with Gasteiger partial charge in [0.1, 0.15) is 12.4 Å². The van der Waals surface area contributed by atoms with Crippen LogP contribution in [0.5, 0.6) is 5.75 Å². The molecular weight excluding hydrogens is 445 g/mol. The molecule has 1 fully saturated rings. The fraction of sp³-hybridized carbons (Fsp3) is 0.308. The van der Waals surface area contributed by atoms with E-state index in [2.05, 4.69) is 0 Å². The summed E-state index contributed by atoms with van der Waals surface area (Å²) in [5.74, 6) is -2.15. The number of rotatable bonds is 6. The molecule has 4 atom stereocenters. The number of carbonyl (C=O) groups excluding carboxylic acids is 2. The Morgan fingerprint density at radius 1 is 1.18 bits per heavy atom. The summed E-state index contributed by atoms with van der Waals surface area (Å²) in [6, 6.07) is 13.1. The van der Waals surface area contributed by atoms with Crippen LogP contribution in [0.15, 0.2) is 59.8 Å². The Morgan fingerprint density at radius 3 is 2.50 bits per heavy atom. The number of hydrogen-bond donors (Lipinski definition) is 2. The first-order chi connectivity index (χ1) is 15.9. The zero-order valence-corrected chi connectivity index (χ0v) is 21.3. The summed E-state index contributed by atoms with van der Waals surface area (Å²) >= 11 is 0. The molecule has 34 heavy (non-hydrogen) atoms. The molecule has 4 unspecified atom stereocenters. The Bertz CT molecular complexity index is 1230. The second-order valence-electron chi connectivity index (χ2n) is 8.73. The maximum absolute atomic E-state index is 12.5. The van der Waals surface area contributed by atoms with Crippen molar-refractivity contribution in [2.45, 2.75) is 26.0 Å². The van der Waals surface area contributed by atoms with Gasteiger partial charge in [0.05, 0.1) is 36.3 Å². The standard InChI is InChI=1S/C26H25NO6.Na/c1-13-19(24(26(31)32)27-23(13)21(14(2)29)25(27)30)12-33-20-9-5-8-18-16(10-11-28)15-6-3-4-7-17(15)22(18)20;/h3-10,13-14,21,23,28-29H,11-12H2,1-2H3,(H,31,32);/q;+1/p-1/b16-10+;. The monoisotopic (exact) mass is 469 g/mol. The van der Waals surface area contributed by atoms with Gasteiger partial charge in [-0.2, -0.15) is 0 Å². The maximum Gasteiger partial charge on any atom is 1.00 e. The number of aliphatic hydroxyl groups is 2. The molecule has 2 heterocycles. The number of nitrogens with zero attached hydrogens (tertiary/aromatic N) is 1. The average molecular weight is 469 g/mol. The summed E-state index contributed by atoms with van der Waals surface area (Å²) in [5.41, 5.74) is 5.04. The van der Waals surface area contributed by atoms with Gasteiger partial charge < -0.3 is 29.8 Å². The smallest absolute Gasteiger partial charge is 0.543 e. The van der Waals surface area contributed by atoms with Crippen LogP contribution in [-0.2, 0) is 9.59 Å². The first kappa shape index (κ1) is 24.7. The van der Waals surface area contributed by atoms with Gasteiger partial charge in [0.15, 0.2) is 0 Å². The molecule has 1 aliphatic carbocycles. The molecule has 0 radical (unpaired) electrons. The normalized spacial score (nSPS) is 24.2. The molecule has 5 rings (SSSR count). The van der Waals surface area contributed by atoms with Crippen molar-refractivity contribution in [3.63, 3.8) is 0 Å². The number of amides is 1. The third-order valence-corrected chi connectivity index (χ3v) is 6.99. The van der Waals surface area contributed by atoms with E-state index in [0.717, 1.165) is 27.8 Å². The van der Waals surface area contributed by atoms with Crippen molar-refractivity contribution in [2.75, 3.05) is 13.2 Å². The number of ether oxygens (including phenoxy) is 1. The topological polar surface area (TPSA) is 110 Å². The third-order valence-electron chi connectivity index (χ3n) is 6.99. The summed E-state index contributed by atoms with van der Waals surface area (Å²) in [6.45, 7) is 3.28. The number of aliphatic hydroxyl groups excluding tert-OH is 2. The molecule has 1 amide bonds. The summed E-state index contributed by atoms with van der Waals surface area (Å²) in [5, 5.41) is 31.5. The molecule has 0 saturated carbocycles. The Kier molecular flexibility index (Phi) is 6.77. The number of carboxylic acids is 1. The van der Waals surface area contributed by atoms with Crippen molar-refractivity contribution in [3.8, 4) is 16.9 Å². The van der Waals surface area contributed by atoms with Crippen LogP contribution >= 0.6 is 0 Å². The number of hydrogen-bond acceptors (Lipinski definition) is 6. The van der Waals surface area contributed by atoms with Crippen LogP contribution in [0.2, 0.25) is 0 Å². The first-order valence-electron chi connectivity index (χ1n) is 11.0. The molecule has 0 spiro atoms. The van der Waals surface area contributed by atoms with E-state index < -0.39 is 29.9 Å². The van der Waals surface area contributed by atoms with Crippen molar-refractivity contribution < 1.29 is 59.2 Å². The van der Waals surface area contributed by atoms with Crippen molar-refractivity contribution in [1.29, 1.82) is 0 Å². The van der Waals surface area contributed by atoms with E-state index in [4.69, 9.17) is 4.74 Å². The second kappa shape index (κ2) is 9.32. The van der Waals surface area contributed by atoms with E-state index in [1.54, 1.807) is 13.0 Å². The molecule has 1 saturated heterocycles. The molecule has 2 N–H and O–H groups in total. The molecule has 2 aromatic carbocycles. The van der Waals surface area contributed by atoms with Crippen LogP contribution in [0.25, 0.3) is 16.7 Å². The predicted octanol–water partition coefficient (Wildman–Crippen LogP) is -1.66. The molecule has 3 aliphatic rings. The minimum absolute atomic E-state index is 0. The minimum Gasteiger partial charge on any atom is -0.543 e. The van der Waals surface area contributed by atoms with Crippen LogP contribution in [0.4, 0.5) is 0 Å². The van der Waals surface area contributed by atoms with Crippen molar-refractivity contribution in [1.82, 2.24) is 4.90 Å². The van der Waals surface area contributed by atoms with E-state index >= 15 is 0 Å². The van der Waals surface area contributed by atoms with Crippen LogP contribution < -0.4 is 39.4 Å². The summed E-state index contributed by atoms with van der Waals surface area (Å²) in [4.78, 5) is 25.7. The Hall–Kier alpha value is -2.42. The molecule has 7 nitrogen and oxygen atoms in total. The first-order valence-corrected chi connectivity index (χ1v) is 11.0. The largest absolute Gasteiger partial charge is 1.00 e. The predicted molar refractivity (Wildman–Crippen MR) is 119 cm³/mol. The van der Waals surface area contributed by atoms with Gasteiger partial charge in [-0.05, 0) is 40.8 Å². The number of carboxylic acid groups (broad SMARTS) is 1. The number of fused-ring (bicyclic) bond motifs is 4. The van der Waals surface area contributed by atoms with Gasteiger partial charge >= 0.3 is 29.6 Å². The van der Waals surface area contributed by atoms with E-state index in [1.165, 1.54) is 4.90 Å². The van der Waals surface area contributed by atoms with Crippen molar-refractivity contribution in [2.24, 2.45) is 11.8 Å². The zero-order chi connectivity index (χ0) is 23.4. The molecular formula is C26H24NNaO6. The quantitative estimate of drug-likeness (QED) is 0.330. The SMILES string of the molecule is CC(O)C1C(=O)N2C(C(=O)[O-])=C(COc3cccc4c3-c3ccccc3/C4=C\CO)C(C)C12.[Na+]. The minimum atomic E-state index is -1.42. The van der Waals surface area contributed by atoms with E-state index in [1.807, 2.05) is 49.4 Å². The molecule has 8 heteroatoms. The van der Waals surface area contributed by atoms with Gasteiger partial charge in [-0.1, -0.05) is 49.4 Å². The van der Waals surface area contributed by atoms with Crippen molar-refractivity contribution in [3.05, 3.63) is 70.9 Å². The summed E-state index contributed by atoms with van der Waals surface area (Å²) in [6.07, 6.45) is 0.895. The van der Waals surface area contributed by atoms with Gasteiger partial charge in [-0.3, -0.25) is 4.79 Å². The maximum atomic E-state index is 12.5. The van der Waals surface area contributed by atoms with E-state index in [-0.39, 0.29) is 54.4 Å². The van der Waals surface area contributed by atoms with Gasteiger partial charge in [0, 0.05) is 11.5 Å². The van der Waals surface area contributed by atoms with E-state index in [9.17, 15) is 24.9 Å². The molecule has 170 valence electrons. The van der Waals surface area contributed by atoms with Gasteiger partial charge in [0.25, 0.3) is 0 Å². The molecule has 0 bridgehead atoms. The Morgan fingerprint density at radius 2 is 1.85 bits per heavy atom. The summed E-state index contributed by atoms with van der Waals surface area (Å²) < 4.78 is 6.18. The fourth-order valence-corrected chi connectivity index (χ4v) is 5.52. The van der Waals surface area contributed by atoms with Crippen LogP contribution in [0.1, 0.15) is 25.0 Å². The van der Waals surface area contributed by atoms with Crippen LogP contribution in [0, 0.1) is 11.8 Å². The summed E-state index contributed by atoms with van der Waals surface area (Å²) in [7, 11) is 0.